The molecule has 0 bridgehead atoms. The molecule has 0 saturated carbocycles. The Kier molecular flexibility index (Phi) is 25.4. The van der Waals surface area contributed by atoms with E-state index < -0.39 is 5.97 Å². The van der Waals surface area contributed by atoms with Crippen LogP contribution in [0.1, 0.15) is 91.9 Å². The number of rotatable bonds is 12. The molecule has 0 fully saturated rings. The minimum Gasteiger partial charge on any atom is -0.481 e. The number of ether oxygens (including phenoxy) is 1. The Morgan fingerprint density at radius 3 is 1.70 bits per heavy atom. The van der Waals surface area contributed by atoms with Crippen LogP contribution in [0.25, 0.3) is 0 Å². The van der Waals surface area contributed by atoms with Crippen LogP contribution in [-0.2, 0) is 14.3 Å². The van der Waals surface area contributed by atoms with Crippen LogP contribution in [0.5, 0.6) is 0 Å². The van der Waals surface area contributed by atoms with E-state index in [2.05, 4.69) is 27.6 Å². The molecule has 0 aliphatic carbocycles. The van der Waals surface area contributed by atoms with Crippen molar-refractivity contribution in [2.24, 2.45) is 0 Å². The van der Waals surface area contributed by atoms with E-state index in [0.29, 0.717) is 6.42 Å². The Balaban J connectivity index is -0.000000382. The first-order valence-corrected chi connectivity index (χ1v) is 9.34. The van der Waals surface area contributed by atoms with Crippen LogP contribution in [0.4, 0.5) is 0 Å². The number of esters is 1. The maximum Gasteiger partial charge on any atom is 0.319 e. The fraction of sp³-hybridized carbons (Fsp3) is 0.889. The maximum atomic E-state index is 10.5. The standard InChI is InChI=1S/C12H24O2.C5H9BrO2.CH4/c1-2-3-4-5-6-7-8-9-10-11-12(13)14;1-3-4(6)5(7)8-2;/h2-11H2,1H3,(H,13,14);4H,3H2,1-2H3;1H4. The van der Waals surface area contributed by atoms with Gasteiger partial charge in [-0.3, -0.25) is 9.59 Å². The summed E-state index contributed by atoms with van der Waals surface area (Å²) in [5.41, 5.74) is 0. The highest BCUT2D eigenvalue weighted by Gasteiger charge is 2.10. The molecule has 0 aliphatic heterocycles. The molecule has 23 heavy (non-hydrogen) atoms. The van der Waals surface area contributed by atoms with Gasteiger partial charge in [-0.2, -0.15) is 0 Å². The number of halogens is 1. The molecule has 0 aromatic heterocycles. The Hall–Kier alpha value is -0.580. The third kappa shape index (κ3) is 23.8. The zero-order valence-electron chi connectivity index (χ0n) is 14.4. The van der Waals surface area contributed by atoms with Crippen molar-refractivity contribution in [2.45, 2.75) is 96.7 Å². The molecule has 0 aromatic rings. The molecule has 4 nitrogen and oxygen atoms in total. The summed E-state index contributed by atoms with van der Waals surface area (Å²) in [4.78, 5) is 20.5. The number of hydrogen-bond acceptors (Lipinski definition) is 3. The van der Waals surface area contributed by atoms with E-state index in [1.165, 1.54) is 52.1 Å². The summed E-state index contributed by atoms with van der Waals surface area (Å²) in [5, 5.41) is 8.41. The van der Waals surface area contributed by atoms with Gasteiger partial charge in [-0.1, -0.05) is 88.6 Å². The SMILES string of the molecule is C.CCC(Br)C(=O)OC.CCCCCCCCCCCC(=O)O. The molecule has 1 atom stereocenters. The van der Waals surface area contributed by atoms with Gasteiger partial charge in [0.2, 0.25) is 0 Å². The highest BCUT2D eigenvalue weighted by Crippen LogP contribution is 2.10. The molecular formula is C18H37BrO4. The van der Waals surface area contributed by atoms with Crippen LogP contribution in [0.3, 0.4) is 0 Å². The summed E-state index contributed by atoms with van der Waals surface area (Å²) in [6, 6.07) is 0. The van der Waals surface area contributed by atoms with Crippen molar-refractivity contribution in [3.8, 4) is 0 Å². The third-order valence-electron chi connectivity index (χ3n) is 3.31. The summed E-state index contributed by atoms with van der Waals surface area (Å²) in [5.74, 6) is -0.861. The van der Waals surface area contributed by atoms with Gasteiger partial charge in [0, 0.05) is 6.42 Å². The van der Waals surface area contributed by atoms with Gasteiger partial charge < -0.3 is 9.84 Å². The molecule has 1 N–H and O–H groups in total. The number of carbonyl (C=O) groups is 2. The first kappa shape index (κ1) is 27.3. The van der Waals surface area contributed by atoms with Gasteiger partial charge in [-0.05, 0) is 12.8 Å². The fourth-order valence-corrected chi connectivity index (χ4v) is 2.07. The number of carboxylic acid groups (broad SMARTS) is 1. The first-order chi connectivity index (χ1) is 10.5. The Morgan fingerprint density at radius 2 is 1.39 bits per heavy atom. The van der Waals surface area contributed by atoms with E-state index in [-0.39, 0.29) is 18.2 Å². The average Bonchev–Trinajstić information content (AvgIpc) is 2.52. The van der Waals surface area contributed by atoms with Crippen molar-refractivity contribution in [1.82, 2.24) is 0 Å². The van der Waals surface area contributed by atoms with E-state index >= 15 is 0 Å². The summed E-state index contributed by atoms with van der Waals surface area (Å²) < 4.78 is 4.42. The monoisotopic (exact) mass is 396 g/mol. The zero-order chi connectivity index (χ0) is 17.2. The second-order valence-electron chi connectivity index (χ2n) is 5.37. The minimum absolute atomic E-state index is 0. The minimum atomic E-state index is -0.659. The highest BCUT2D eigenvalue weighted by atomic mass is 79.9. The van der Waals surface area contributed by atoms with Crippen LogP contribution in [0.15, 0.2) is 0 Å². The number of carboxylic acids is 1. The quantitative estimate of drug-likeness (QED) is 0.251. The van der Waals surface area contributed by atoms with E-state index in [1.54, 1.807) is 0 Å². The molecular weight excluding hydrogens is 360 g/mol. The Labute approximate surface area is 151 Å². The van der Waals surface area contributed by atoms with Gasteiger partial charge in [0.1, 0.15) is 4.83 Å². The molecule has 0 amide bonds. The van der Waals surface area contributed by atoms with Gasteiger partial charge in [-0.15, -0.1) is 0 Å². The lowest BCUT2D eigenvalue weighted by molar-refractivity contribution is -0.140. The summed E-state index contributed by atoms with van der Waals surface area (Å²) in [7, 11) is 1.38. The topological polar surface area (TPSA) is 63.6 Å². The molecule has 0 saturated heterocycles. The number of carbonyl (C=O) groups excluding carboxylic acids is 1. The van der Waals surface area contributed by atoms with Gasteiger partial charge in [0.05, 0.1) is 7.11 Å². The van der Waals surface area contributed by atoms with Crippen molar-refractivity contribution in [2.75, 3.05) is 7.11 Å². The van der Waals surface area contributed by atoms with Crippen molar-refractivity contribution in [1.29, 1.82) is 0 Å². The third-order valence-corrected chi connectivity index (χ3v) is 4.33. The van der Waals surface area contributed by atoms with E-state index in [4.69, 9.17) is 5.11 Å². The molecule has 0 aromatic carbocycles. The maximum absolute atomic E-state index is 10.5. The molecule has 0 radical (unpaired) electrons. The van der Waals surface area contributed by atoms with Crippen LogP contribution in [-0.4, -0.2) is 29.0 Å². The molecule has 0 aliphatic rings. The second kappa shape index (κ2) is 21.4. The predicted molar refractivity (Wildman–Crippen MR) is 101 cm³/mol. The number of methoxy groups -OCH3 is 1. The lowest BCUT2D eigenvalue weighted by Crippen LogP contribution is -2.13. The summed E-state index contributed by atoms with van der Waals surface area (Å²) >= 11 is 3.13. The van der Waals surface area contributed by atoms with Gasteiger partial charge in [-0.25, -0.2) is 0 Å². The van der Waals surface area contributed by atoms with E-state index in [9.17, 15) is 9.59 Å². The Bertz CT molecular complexity index is 270. The number of aliphatic carboxylic acids is 1. The predicted octanol–water partition coefficient (Wildman–Crippen LogP) is 5.96. The molecule has 0 rings (SSSR count). The van der Waals surface area contributed by atoms with E-state index in [0.717, 1.165) is 19.3 Å². The summed E-state index contributed by atoms with van der Waals surface area (Å²) in [6.07, 6.45) is 12.2. The average molecular weight is 397 g/mol. The van der Waals surface area contributed by atoms with Gasteiger partial charge in [0.15, 0.2) is 0 Å². The van der Waals surface area contributed by atoms with Gasteiger partial charge in [0.25, 0.3) is 0 Å². The molecule has 5 heteroatoms. The van der Waals surface area contributed by atoms with Crippen LogP contribution in [0.2, 0.25) is 0 Å². The first-order valence-electron chi connectivity index (χ1n) is 8.43. The lowest BCUT2D eigenvalue weighted by Gasteiger charge is -2.00. The zero-order valence-corrected chi connectivity index (χ0v) is 16.0. The molecule has 0 spiro atoms. The summed E-state index contributed by atoms with van der Waals surface area (Å²) in [6.45, 7) is 4.14. The van der Waals surface area contributed by atoms with Crippen molar-refractivity contribution in [3.05, 3.63) is 0 Å². The van der Waals surface area contributed by atoms with Gasteiger partial charge >= 0.3 is 11.9 Å². The van der Waals surface area contributed by atoms with Crippen molar-refractivity contribution < 1.29 is 19.4 Å². The van der Waals surface area contributed by atoms with Crippen LogP contribution in [0, 0.1) is 0 Å². The van der Waals surface area contributed by atoms with E-state index in [1.807, 2.05) is 6.92 Å². The number of alkyl halides is 1. The fourth-order valence-electron chi connectivity index (χ4n) is 1.88. The second-order valence-corrected chi connectivity index (χ2v) is 6.48. The lowest BCUT2D eigenvalue weighted by atomic mass is 10.1. The largest absolute Gasteiger partial charge is 0.481 e. The van der Waals surface area contributed by atoms with Crippen molar-refractivity contribution >= 4 is 27.9 Å². The Morgan fingerprint density at radius 1 is 0.957 bits per heavy atom. The number of hydrogen-bond donors (Lipinski definition) is 1. The smallest absolute Gasteiger partial charge is 0.319 e. The number of unbranched alkanes of at least 4 members (excludes halogenated alkanes) is 8. The normalized spacial score (nSPS) is 10.8. The van der Waals surface area contributed by atoms with Crippen LogP contribution >= 0.6 is 15.9 Å². The highest BCUT2D eigenvalue weighted by molar-refractivity contribution is 9.10. The van der Waals surface area contributed by atoms with Crippen LogP contribution < -0.4 is 0 Å². The molecule has 1 unspecified atom stereocenters. The van der Waals surface area contributed by atoms with Crippen molar-refractivity contribution in [3.63, 3.8) is 0 Å². The molecule has 0 heterocycles. The molecule has 140 valence electrons.